The molecule has 126 valence electrons. The van der Waals surface area contributed by atoms with Crippen molar-refractivity contribution in [3.63, 3.8) is 0 Å². The van der Waals surface area contributed by atoms with Crippen LogP contribution in [0.3, 0.4) is 0 Å². The Morgan fingerprint density at radius 2 is 1.88 bits per heavy atom. The highest BCUT2D eigenvalue weighted by atomic mass is 79.9. The number of hydrogen-bond acceptors (Lipinski definition) is 4. The molecule has 0 bridgehead atoms. The maximum atomic E-state index is 12.6. The summed E-state index contributed by atoms with van der Waals surface area (Å²) in [5, 5.41) is 3.04. The van der Waals surface area contributed by atoms with Gasteiger partial charge in [-0.3, -0.25) is 4.79 Å². The van der Waals surface area contributed by atoms with E-state index in [0.717, 1.165) is 33.8 Å². The van der Waals surface area contributed by atoms with Gasteiger partial charge >= 0.3 is 0 Å². The summed E-state index contributed by atoms with van der Waals surface area (Å²) in [6.07, 6.45) is 2.02. The van der Waals surface area contributed by atoms with Gasteiger partial charge in [-0.05, 0) is 48.7 Å². The number of amides is 1. The second-order valence-corrected chi connectivity index (χ2v) is 7.24. The molecule has 2 aromatic carbocycles. The van der Waals surface area contributed by atoms with Crippen LogP contribution in [0.1, 0.15) is 10.4 Å². The van der Waals surface area contributed by atoms with Crippen LogP contribution in [0.5, 0.6) is 0 Å². The third-order valence-corrected chi connectivity index (χ3v) is 5.15. The van der Waals surface area contributed by atoms with Crippen molar-refractivity contribution in [1.82, 2.24) is 0 Å². The van der Waals surface area contributed by atoms with E-state index in [1.165, 1.54) is 0 Å². The minimum absolute atomic E-state index is 0.102. The Morgan fingerprint density at radius 3 is 2.54 bits per heavy atom. The van der Waals surface area contributed by atoms with Crippen LogP contribution >= 0.6 is 27.7 Å². The van der Waals surface area contributed by atoms with E-state index >= 15 is 0 Å². The molecular weight excluding hydrogens is 388 g/mol. The molecule has 6 heteroatoms. The fourth-order valence-corrected chi connectivity index (χ4v) is 3.39. The van der Waals surface area contributed by atoms with Gasteiger partial charge in [0.1, 0.15) is 0 Å². The van der Waals surface area contributed by atoms with Gasteiger partial charge in [-0.1, -0.05) is 15.9 Å². The summed E-state index contributed by atoms with van der Waals surface area (Å²) < 4.78 is 6.35. The summed E-state index contributed by atoms with van der Waals surface area (Å²) in [4.78, 5) is 16.0. The van der Waals surface area contributed by atoms with Crippen molar-refractivity contribution in [2.75, 3.05) is 42.8 Å². The van der Waals surface area contributed by atoms with E-state index in [0.29, 0.717) is 18.8 Å². The average Bonchev–Trinajstić information content (AvgIpc) is 2.62. The van der Waals surface area contributed by atoms with Gasteiger partial charge in [-0.2, -0.15) is 0 Å². The number of ether oxygens (including phenoxy) is 1. The number of halogens is 1. The lowest BCUT2D eigenvalue weighted by Gasteiger charge is -2.30. The second-order valence-electron chi connectivity index (χ2n) is 5.44. The molecule has 0 saturated carbocycles. The minimum atomic E-state index is -0.102. The third-order valence-electron chi connectivity index (χ3n) is 3.91. The smallest absolute Gasteiger partial charge is 0.255 e. The summed E-state index contributed by atoms with van der Waals surface area (Å²) in [6.45, 7) is 3.07. The Kier molecular flexibility index (Phi) is 5.81. The molecule has 0 spiro atoms. The van der Waals surface area contributed by atoms with Crippen molar-refractivity contribution in [3.05, 3.63) is 52.5 Å². The Hall–Kier alpha value is -1.50. The van der Waals surface area contributed by atoms with Gasteiger partial charge in [0, 0.05) is 28.0 Å². The van der Waals surface area contributed by atoms with Crippen molar-refractivity contribution in [1.29, 1.82) is 0 Å². The highest BCUT2D eigenvalue weighted by Gasteiger charge is 2.17. The molecule has 0 aromatic heterocycles. The monoisotopic (exact) mass is 406 g/mol. The van der Waals surface area contributed by atoms with E-state index in [1.54, 1.807) is 11.8 Å². The summed E-state index contributed by atoms with van der Waals surface area (Å²) in [7, 11) is 0. The van der Waals surface area contributed by atoms with E-state index in [-0.39, 0.29) is 5.91 Å². The lowest BCUT2D eigenvalue weighted by Crippen LogP contribution is -2.36. The molecule has 3 rings (SSSR count). The van der Waals surface area contributed by atoms with E-state index in [9.17, 15) is 4.79 Å². The molecule has 1 N–H and O–H groups in total. The fraction of sp³-hybridized carbons (Fsp3) is 0.278. The predicted molar refractivity (Wildman–Crippen MR) is 103 cm³/mol. The van der Waals surface area contributed by atoms with Crippen LogP contribution in [0.4, 0.5) is 11.4 Å². The van der Waals surface area contributed by atoms with Crippen LogP contribution in [-0.2, 0) is 4.74 Å². The van der Waals surface area contributed by atoms with Crippen molar-refractivity contribution in [3.8, 4) is 0 Å². The largest absolute Gasteiger partial charge is 0.378 e. The lowest BCUT2D eigenvalue weighted by molar-refractivity contribution is 0.102. The van der Waals surface area contributed by atoms with Crippen LogP contribution in [0.15, 0.2) is 51.8 Å². The van der Waals surface area contributed by atoms with Crippen LogP contribution in [-0.4, -0.2) is 38.5 Å². The fourth-order valence-electron chi connectivity index (χ4n) is 2.63. The molecule has 1 heterocycles. The molecule has 0 unspecified atom stereocenters. The molecule has 0 radical (unpaired) electrons. The summed E-state index contributed by atoms with van der Waals surface area (Å²) in [5.41, 5.74) is 2.49. The first kappa shape index (κ1) is 17.3. The molecule has 0 atom stereocenters. The number of rotatable bonds is 4. The number of anilines is 2. The van der Waals surface area contributed by atoms with E-state index < -0.39 is 0 Å². The third kappa shape index (κ3) is 4.12. The molecule has 0 aliphatic carbocycles. The lowest BCUT2D eigenvalue weighted by atomic mass is 10.2. The standard InChI is InChI=1S/C18H19BrN2O2S/c1-24-15-5-2-13(3-6-15)18(22)20-16-12-14(19)4-7-17(16)21-8-10-23-11-9-21/h2-7,12H,8-11H2,1H3,(H,20,22). The zero-order chi connectivity index (χ0) is 16.9. The number of carbonyl (C=O) groups excluding carboxylic acids is 1. The van der Waals surface area contributed by atoms with Gasteiger partial charge in [-0.15, -0.1) is 11.8 Å². The van der Waals surface area contributed by atoms with E-state index in [4.69, 9.17) is 4.74 Å². The molecule has 2 aromatic rings. The SMILES string of the molecule is CSc1ccc(C(=O)Nc2cc(Br)ccc2N2CCOCC2)cc1. The van der Waals surface area contributed by atoms with Gasteiger partial charge < -0.3 is 15.0 Å². The van der Waals surface area contributed by atoms with Crippen LogP contribution < -0.4 is 10.2 Å². The average molecular weight is 407 g/mol. The van der Waals surface area contributed by atoms with Crippen LogP contribution in [0.25, 0.3) is 0 Å². The number of hydrogen-bond donors (Lipinski definition) is 1. The van der Waals surface area contributed by atoms with E-state index in [2.05, 4.69) is 26.1 Å². The molecule has 1 saturated heterocycles. The molecule has 1 aliphatic heterocycles. The van der Waals surface area contributed by atoms with Gasteiger partial charge in [0.2, 0.25) is 0 Å². The second kappa shape index (κ2) is 8.05. The topological polar surface area (TPSA) is 41.6 Å². The number of benzene rings is 2. The zero-order valence-electron chi connectivity index (χ0n) is 13.4. The first-order chi connectivity index (χ1) is 11.7. The summed E-state index contributed by atoms with van der Waals surface area (Å²) in [6, 6.07) is 13.6. The van der Waals surface area contributed by atoms with Crippen LogP contribution in [0, 0.1) is 0 Å². The molecule has 24 heavy (non-hydrogen) atoms. The summed E-state index contributed by atoms with van der Waals surface area (Å²) in [5.74, 6) is -0.102. The molecule has 1 aliphatic rings. The molecule has 1 amide bonds. The maximum absolute atomic E-state index is 12.6. The Balaban J connectivity index is 1.82. The number of morpholine rings is 1. The normalized spacial score (nSPS) is 14.5. The Bertz CT molecular complexity index is 715. The van der Waals surface area contributed by atoms with Crippen molar-refractivity contribution < 1.29 is 9.53 Å². The van der Waals surface area contributed by atoms with Crippen molar-refractivity contribution in [2.45, 2.75) is 4.90 Å². The van der Waals surface area contributed by atoms with E-state index in [1.807, 2.05) is 48.7 Å². The quantitative estimate of drug-likeness (QED) is 0.770. The first-order valence-electron chi connectivity index (χ1n) is 7.75. The number of nitrogens with one attached hydrogen (secondary N) is 1. The van der Waals surface area contributed by atoms with Crippen molar-refractivity contribution >= 4 is 45.0 Å². The molecular formula is C18H19BrN2O2S. The summed E-state index contributed by atoms with van der Waals surface area (Å²) >= 11 is 5.15. The van der Waals surface area contributed by atoms with Crippen LogP contribution in [0.2, 0.25) is 0 Å². The van der Waals surface area contributed by atoms with Gasteiger partial charge in [-0.25, -0.2) is 0 Å². The number of carbonyl (C=O) groups is 1. The molecule has 1 fully saturated rings. The highest BCUT2D eigenvalue weighted by molar-refractivity contribution is 9.10. The molecule has 4 nitrogen and oxygen atoms in total. The Morgan fingerprint density at radius 1 is 1.17 bits per heavy atom. The van der Waals surface area contributed by atoms with Gasteiger partial charge in [0.15, 0.2) is 0 Å². The first-order valence-corrected chi connectivity index (χ1v) is 9.77. The maximum Gasteiger partial charge on any atom is 0.255 e. The van der Waals surface area contributed by atoms with Gasteiger partial charge in [0.05, 0.1) is 24.6 Å². The van der Waals surface area contributed by atoms with Crippen molar-refractivity contribution in [2.24, 2.45) is 0 Å². The van der Waals surface area contributed by atoms with Gasteiger partial charge in [0.25, 0.3) is 5.91 Å². The zero-order valence-corrected chi connectivity index (χ0v) is 15.8. The number of thioether (sulfide) groups is 1. The number of nitrogens with zero attached hydrogens (tertiary/aromatic N) is 1. The predicted octanol–water partition coefficient (Wildman–Crippen LogP) is 4.26. The minimum Gasteiger partial charge on any atom is -0.378 e. The highest BCUT2D eigenvalue weighted by Crippen LogP contribution is 2.30. The Labute approximate surface area is 154 Å².